The molecule has 5 heteroatoms. The van der Waals surface area contributed by atoms with Crippen LogP contribution in [0.5, 0.6) is 5.75 Å². The largest absolute Gasteiger partial charge is 0.485 e. The van der Waals surface area contributed by atoms with Crippen molar-refractivity contribution >= 4 is 11.6 Å². The fourth-order valence-electron chi connectivity index (χ4n) is 2.29. The first-order valence-corrected chi connectivity index (χ1v) is 6.21. The number of aromatic nitrogens is 2. The van der Waals surface area contributed by atoms with Crippen molar-refractivity contribution in [1.29, 1.82) is 0 Å². The molecule has 1 aliphatic heterocycles. The first-order chi connectivity index (χ1) is 8.63. The molecule has 2 heterocycles. The number of hydrogen-bond acceptors (Lipinski definition) is 3. The Morgan fingerprint density at radius 2 is 2.33 bits per heavy atom. The molecular weight excluding hydrogens is 250 g/mol. The number of benzene rings is 1. The lowest BCUT2D eigenvalue weighted by Gasteiger charge is -2.29. The average molecular weight is 264 g/mol. The van der Waals surface area contributed by atoms with E-state index in [1.807, 2.05) is 37.6 Å². The maximum absolute atomic E-state index is 6.18. The molecule has 1 unspecified atom stereocenters. The van der Waals surface area contributed by atoms with Crippen molar-refractivity contribution in [3.8, 4) is 5.75 Å². The van der Waals surface area contributed by atoms with Gasteiger partial charge in [-0.1, -0.05) is 11.6 Å². The molecule has 3 rings (SSSR count). The molecule has 4 nitrogen and oxygen atoms in total. The molecule has 0 radical (unpaired) electrons. The first kappa shape index (κ1) is 11.6. The Kier molecular flexibility index (Phi) is 2.76. The number of nitrogens with two attached hydrogens (primary N) is 1. The fraction of sp³-hybridized carbons (Fsp3) is 0.308. The van der Waals surface area contributed by atoms with Crippen LogP contribution in [0.3, 0.4) is 0 Å². The van der Waals surface area contributed by atoms with Crippen LogP contribution in [0.2, 0.25) is 5.02 Å². The van der Waals surface area contributed by atoms with Gasteiger partial charge in [-0.2, -0.15) is 5.10 Å². The van der Waals surface area contributed by atoms with Crippen molar-refractivity contribution in [3.63, 3.8) is 0 Å². The minimum absolute atomic E-state index is 0.0395. The van der Waals surface area contributed by atoms with E-state index >= 15 is 0 Å². The molecule has 0 fully saturated rings. The smallest absolute Gasteiger partial charge is 0.129 e. The van der Waals surface area contributed by atoms with E-state index < -0.39 is 0 Å². The average Bonchev–Trinajstić information content (AvgIpc) is 2.77. The molecule has 0 saturated heterocycles. The van der Waals surface area contributed by atoms with Gasteiger partial charge in [0, 0.05) is 41.9 Å². The van der Waals surface area contributed by atoms with Gasteiger partial charge in [-0.15, -0.1) is 0 Å². The molecule has 1 aliphatic rings. The van der Waals surface area contributed by atoms with Crippen LogP contribution in [0.1, 0.15) is 29.7 Å². The Morgan fingerprint density at radius 1 is 1.50 bits per heavy atom. The zero-order valence-electron chi connectivity index (χ0n) is 10.0. The topological polar surface area (TPSA) is 53.1 Å². The van der Waals surface area contributed by atoms with E-state index in [0.717, 1.165) is 23.3 Å². The maximum atomic E-state index is 6.18. The summed E-state index contributed by atoms with van der Waals surface area (Å²) in [7, 11) is 1.89. The van der Waals surface area contributed by atoms with Crippen molar-refractivity contribution < 1.29 is 4.74 Å². The molecule has 0 amide bonds. The van der Waals surface area contributed by atoms with E-state index in [4.69, 9.17) is 22.1 Å². The molecule has 2 aromatic rings. The zero-order valence-corrected chi connectivity index (χ0v) is 10.8. The van der Waals surface area contributed by atoms with Crippen molar-refractivity contribution in [2.24, 2.45) is 12.8 Å². The second-order valence-electron chi connectivity index (χ2n) is 4.58. The van der Waals surface area contributed by atoms with Gasteiger partial charge < -0.3 is 10.5 Å². The predicted octanol–water partition coefficient (Wildman–Crippen LogP) is 2.60. The number of aryl methyl sites for hydroxylation is 1. The Bertz CT molecular complexity index is 581. The second kappa shape index (κ2) is 4.30. The van der Waals surface area contributed by atoms with Gasteiger partial charge in [0.1, 0.15) is 11.9 Å². The molecule has 94 valence electrons. The summed E-state index contributed by atoms with van der Waals surface area (Å²) in [5, 5.41) is 4.85. The Morgan fingerprint density at radius 3 is 3.06 bits per heavy atom. The SMILES string of the molecule is Cn1cc(C2C[C@H](N)c3cc(Cl)ccc3O2)cn1. The van der Waals surface area contributed by atoms with Gasteiger partial charge in [0.15, 0.2) is 0 Å². The quantitative estimate of drug-likeness (QED) is 0.860. The van der Waals surface area contributed by atoms with Gasteiger partial charge in [-0.3, -0.25) is 4.68 Å². The minimum Gasteiger partial charge on any atom is -0.485 e. The van der Waals surface area contributed by atoms with Crippen LogP contribution in [0.4, 0.5) is 0 Å². The predicted molar refractivity (Wildman–Crippen MR) is 69.6 cm³/mol. The minimum atomic E-state index is -0.0577. The van der Waals surface area contributed by atoms with Gasteiger partial charge in [-0.25, -0.2) is 0 Å². The van der Waals surface area contributed by atoms with E-state index in [-0.39, 0.29) is 12.1 Å². The number of rotatable bonds is 1. The van der Waals surface area contributed by atoms with Gasteiger partial charge in [0.05, 0.1) is 6.20 Å². The van der Waals surface area contributed by atoms with Crippen LogP contribution in [-0.4, -0.2) is 9.78 Å². The standard InChI is InChI=1S/C13H14ClN3O/c1-17-7-8(6-16-17)13-5-11(15)10-4-9(14)2-3-12(10)18-13/h2-4,6-7,11,13H,5,15H2,1H3/t11-,13?/m0/s1. The summed E-state index contributed by atoms with van der Waals surface area (Å²) < 4.78 is 7.73. The van der Waals surface area contributed by atoms with Crippen LogP contribution < -0.4 is 10.5 Å². The molecule has 0 aliphatic carbocycles. The Labute approximate surface area is 110 Å². The molecule has 0 spiro atoms. The van der Waals surface area contributed by atoms with E-state index in [9.17, 15) is 0 Å². The third-order valence-corrected chi connectivity index (χ3v) is 3.44. The molecule has 18 heavy (non-hydrogen) atoms. The molecule has 1 aromatic carbocycles. The Balaban J connectivity index is 1.94. The molecule has 2 atom stereocenters. The van der Waals surface area contributed by atoms with Gasteiger partial charge in [-0.05, 0) is 18.2 Å². The van der Waals surface area contributed by atoms with Crippen LogP contribution >= 0.6 is 11.6 Å². The first-order valence-electron chi connectivity index (χ1n) is 5.83. The summed E-state index contributed by atoms with van der Waals surface area (Å²) in [5.74, 6) is 0.812. The molecule has 0 saturated carbocycles. The monoisotopic (exact) mass is 263 g/mol. The van der Waals surface area contributed by atoms with Crippen LogP contribution in [0.25, 0.3) is 0 Å². The van der Waals surface area contributed by atoms with Gasteiger partial charge in [0.25, 0.3) is 0 Å². The number of hydrogen-bond donors (Lipinski definition) is 1. The van der Waals surface area contributed by atoms with E-state index in [1.54, 1.807) is 4.68 Å². The highest BCUT2D eigenvalue weighted by Gasteiger charge is 2.27. The highest BCUT2D eigenvalue weighted by atomic mass is 35.5. The lowest BCUT2D eigenvalue weighted by atomic mass is 9.95. The zero-order chi connectivity index (χ0) is 12.7. The van der Waals surface area contributed by atoms with Crippen LogP contribution in [0.15, 0.2) is 30.6 Å². The van der Waals surface area contributed by atoms with Crippen molar-refractivity contribution in [2.75, 3.05) is 0 Å². The highest BCUT2D eigenvalue weighted by molar-refractivity contribution is 6.30. The van der Waals surface area contributed by atoms with Crippen molar-refractivity contribution in [2.45, 2.75) is 18.6 Å². The Hall–Kier alpha value is -1.52. The number of ether oxygens (including phenoxy) is 1. The van der Waals surface area contributed by atoms with Crippen molar-refractivity contribution in [1.82, 2.24) is 9.78 Å². The van der Waals surface area contributed by atoms with E-state index in [0.29, 0.717) is 5.02 Å². The van der Waals surface area contributed by atoms with Gasteiger partial charge >= 0.3 is 0 Å². The number of fused-ring (bicyclic) bond motifs is 1. The van der Waals surface area contributed by atoms with Crippen molar-refractivity contribution in [3.05, 3.63) is 46.7 Å². The summed E-state index contributed by atoms with van der Waals surface area (Å²) in [6.45, 7) is 0. The van der Waals surface area contributed by atoms with Gasteiger partial charge in [0.2, 0.25) is 0 Å². The summed E-state index contributed by atoms with van der Waals surface area (Å²) in [4.78, 5) is 0. The molecule has 1 aromatic heterocycles. The summed E-state index contributed by atoms with van der Waals surface area (Å²) >= 11 is 5.97. The number of nitrogens with zero attached hydrogens (tertiary/aromatic N) is 2. The van der Waals surface area contributed by atoms with Crippen LogP contribution in [-0.2, 0) is 7.05 Å². The van der Waals surface area contributed by atoms with E-state index in [1.165, 1.54) is 0 Å². The third-order valence-electron chi connectivity index (χ3n) is 3.21. The fourth-order valence-corrected chi connectivity index (χ4v) is 2.47. The highest BCUT2D eigenvalue weighted by Crippen LogP contribution is 2.40. The molecular formula is C13H14ClN3O. The lowest BCUT2D eigenvalue weighted by Crippen LogP contribution is -2.23. The third kappa shape index (κ3) is 1.98. The second-order valence-corrected chi connectivity index (χ2v) is 5.01. The maximum Gasteiger partial charge on any atom is 0.129 e. The normalized spacial score (nSPS) is 22.4. The lowest BCUT2D eigenvalue weighted by molar-refractivity contribution is 0.161. The molecule has 0 bridgehead atoms. The molecule has 2 N–H and O–H groups in total. The number of halogens is 1. The summed E-state index contributed by atoms with van der Waals surface area (Å²) in [6.07, 6.45) is 4.47. The summed E-state index contributed by atoms with van der Waals surface area (Å²) in [5.41, 5.74) is 8.21. The summed E-state index contributed by atoms with van der Waals surface area (Å²) in [6, 6.07) is 5.51. The van der Waals surface area contributed by atoms with E-state index in [2.05, 4.69) is 5.10 Å². The van der Waals surface area contributed by atoms with Crippen LogP contribution in [0, 0.1) is 0 Å².